The molecule has 0 saturated carbocycles. The summed E-state index contributed by atoms with van der Waals surface area (Å²) in [6.45, 7) is 8.81. The summed E-state index contributed by atoms with van der Waals surface area (Å²) in [5.41, 5.74) is 2.59. The van der Waals surface area contributed by atoms with Gasteiger partial charge in [0.1, 0.15) is 0 Å². The Balaban J connectivity index is 1.98. The molecule has 30 heavy (non-hydrogen) atoms. The van der Waals surface area contributed by atoms with Gasteiger partial charge in [-0.15, -0.1) is 0 Å². The van der Waals surface area contributed by atoms with Gasteiger partial charge in [0, 0.05) is 19.0 Å². The molecule has 2 aromatic carbocycles. The van der Waals surface area contributed by atoms with Crippen LogP contribution in [-0.4, -0.2) is 32.1 Å². The molecule has 0 spiro atoms. The van der Waals surface area contributed by atoms with Crippen LogP contribution < -0.4 is 20.1 Å². The van der Waals surface area contributed by atoms with Crippen molar-refractivity contribution in [3.8, 4) is 11.5 Å². The molecule has 0 saturated heterocycles. The maximum Gasteiger partial charge on any atom is 0.251 e. The summed E-state index contributed by atoms with van der Waals surface area (Å²) in [6, 6.07) is 12.9. The predicted molar refractivity (Wildman–Crippen MR) is 118 cm³/mol. The van der Waals surface area contributed by atoms with Gasteiger partial charge in [0.2, 0.25) is 5.91 Å². The highest BCUT2D eigenvalue weighted by molar-refractivity contribution is 5.94. The molecule has 6 heteroatoms. The highest BCUT2D eigenvalue weighted by Crippen LogP contribution is 2.30. The van der Waals surface area contributed by atoms with E-state index in [2.05, 4.69) is 24.5 Å². The summed E-state index contributed by atoms with van der Waals surface area (Å²) in [5, 5.41) is 5.78. The summed E-state index contributed by atoms with van der Waals surface area (Å²) in [7, 11) is 1.61. The van der Waals surface area contributed by atoms with Crippen LogP contribution in [0.5, 0.6) is 11.5 Å². The Morgan fingerprint density at radius 2 is 1.70 bits per heavy atom. The van der Waals surface area contributed by atoms with Crippen LogP contribution in [0.15, 0.2) is 42.5 Å². The number of amides is 2. The van der Waals surface area contributed by atoms with Gasteiger partial charge in [-0.05, 0) is 54.7 Å². The zero-order valence-electron chi connectivity index (χ0n) is 18.5. The highest BCUT2D eigenvalue weighted by atomic mass is 16.5. The molecule has 0 radical (unpaired) electrons. The summed E-state index contributed by atoms with van der Waals surface area (Å²) in [5.74, 6) is 1.58. The number of hydrogen-bond acceptors (Lipinski definition) is 4. The van der Waals surface area contributed by atoms with Crippen molar-refractivity contribution in [3.63, 3.8) is 0 Å². The van der Waals surface area contributed by atoms with Crippen LogP contribution in [0.1, 0.15) is 55.2 Å². The Bertz CT molecular complexity index is 847. The predicted octanol–water partition coefficient (Wildman–Crippen LogP) is 3.90. The number of nitrogens with one attached hydrogen (secondary N) is 2. The molecule has 2 aromatic rings. The van der Waals surface area contributed by atoms with Gasteiger partial charge in [-0.2, -0.15) is 0 Å². The normalized spacial score (nSPS) is 11.7. The third kappa shape index (κ3) is 7.10. The number of benzene rings is 2. The van der Waals surface area contributed by atoms with E-state index in [1.165, 1.54) is 6.92 Å². The molecular formula is C24H32N2O4. The molecule has 0 aliphatic rings. The Kier molecular flexibility index (Phi) is 8.71. The van der Waals surface area contributed by atoms with Crippen LogP contribution in [0.3, 0.4) is 0 Å². The third-order valence-corrected chi connectivity index (χ3v) is 4.61. The van der Waals surface area contributed by atoms with Crippen molar-refractivity contribution < 1.29 is 19.1 Å². The maximum absolute atomic E-state index is 12.6. The van der Waals surface area contributed by atoms with E-state index in [9.17, 15) is 9.59 Å². The minimum atomic E-state index is -0.190. The van der Waals surface area contributed by atoms with Crippen molar-refractivity contribution in [1.29, 1.82) is 0 Å². The van der Waals surface area contributed by atoms with Gasteiger partial charge in [-0.3, -0.25) is 9.59 Å². The molecule has 6 nitrogen and oxygen atoms in total. The average molecular weight is 413 g/mol. The van der Waals surface area contributed by atoms with Crippen LogP contribution in [0.4, 0.5) is 0 Å². The first-order valence-corrected chi connectivity index (χ1v) is 10.2. The highest BCUT2D eigenvalue weighted by Gasteiger charge is 2.14. The third-order valence-electron chi connectivity index (χ3n) is 4.61. The smallest absolute Gasteiger partial charge is 0.251 e. The first-order valence-electron chi connectivity index (χ1n) is 10.2. The summed E-state index contributed by atoms with van der Waals surface area (Å²) in [4.78, 5) is 23.6. The van der Waals surface area contributed by atoms with Gasteiger partial charge < -0.3 is 20.1 Å². The fourth-order valence-electron chi connectivity index (χ4n) is 2.90. The average Bonchev–Trinajstić information content (AvgIpc) is 2.72. The zero-order chi connectivity index (χ0) is 22.1. The number of ether oxygens (including phenoxy) is 2. The van der Waals surface area contributed by atoms with E-state index in [0.717, 1.165) is 17.5 Å². The fourth-order valence-corrected chi connectivity index (χ4v) is 2.90. The lowest BCUT2D eigenvalue weighted by atomic mass is 10.1. The molecule has 2 rings (SSSR count). The van der Waals surface area contributed by atoms with Crippen molar-refractivity contribution >= 4 is 11.8 Å². The van der Waals surface area contributed by atoms with Gasteiger partial charge >= 0.3 is 0 Å². The van der Waals surface area contributed by atoms with Crippen LogP contribution in [0.2, 0.25) is 0 Å². The second-order valence-corrected chi connectivity index (χ2v) is 7.74. The van der Waals surface area contributed by atoms with E-state index in [0.29, 0.717) is 36.1 Å². The largest absolute Gasteiger partial charge is 0.493 e. The standard InChI is InChI=1S/C24H32N2O4/c1-16(2)15-30-22-11-10-21(14-23(22)29-5)17(3)26-24(28)20-8-6-19(7-9-20)12-13-25-18(4)27/h6-11,14,16-17H,12-13,15H2,1-5H3,(H,25,27)(H,26,28)/t17-/m1/s1. The number of rotatable bonds is 10. The zero-order valence-corrected chi connectivity index (χ0v) is 18.5. The second kappa shape index (κ2) is 11.2. The van der Waals surface area contributed by atoms with Crippen LogP contribution in [-0.2, 0) is 11.2 Å². The van der Waals surface area contributed by atoms with E-state index >= 15 is 0 Å². The molecule has 0 aliphatic carbocycles. The monoisotopic (exact) mass is 412 g/mol. The lowest BCUT2D eigenvalue weighted by molar-refractivity contribution is -0.118. The van der Waals surface area contributed by atoms with E-state index in [1.54, 1.807) is 19.2 Å². The minimum absolute atomic E-state index is 0.0452. The summed E-state index contributed by atoms with van der Waals surface area (Å²) >= 11 is 0. The molecule has 0 aliphatic heterocycles. The first kappa shape index (κ1) is 23.3. The second-order valence-electron chi connectivity index (χ2n) is 7.74. The Hall–Kier alpha value is -3.02. The van der Waals surface area contributed by atoms with Crippen LogP contribution >= 0.6 is 0 Å². The fraction of sp³-hybridized carbons (Fsp3) is 0.417. The van der Waals surface area contributed by atoms with Gasteiger partial charge in [-0.1, -0.05) is 32.0 Å². The summed E-state index contributed by atoms with van der Waals surface area (Å²) in [6.07, 6.45) is 0.725. The lowest BCUT2D eigenvalue weighted by Crippen LogP contribution is -2.26. The van der Waals surface area contributed by atoms with Crippen LogP contribution in [0.25, 0.3) is 0 Å². The minimum Gasteiger partial charge on any atom is -0.493 e. The van der Waals surface area contributed by atoms with Crippen molar-refractivity contribution in [2.24, 2.45) is 5.92 Å². The van der Waals surface area contributed by atoms with Crippen molar-refractivity contribution in [2.45, 2.75) is 40.2 Å². The molecule has 0 aromatic heterocycles. The molecule has 1 atom stereocenters. The molecule has 2 N–H and O–H groups in total. The Labute approximate surface area is 179 Å². The molecule has 0 unspecified atom stereocenters. The van der Waals surface area contributed by atoms with Crippen LogP contribution in [0, 0.1) is 5.92 Å². The summed E-state index contributed by atoms with van der Waals surface area (Å²) < 4.78 is 11.2. The first-order chi connectivity index (χ1) is 14.3. The Morgan fingerprint density at radius 3 is 2.30 bits per heavy atom. The van der Waals surface area contributed by atoms with Gasteiger partial charge in [0.25, 0.3) is 5.91 Å². The molecular weight excluding hydrogens is 380 g/mol. The van der Waals surface area contributed by atoms with Gasteiger partial charge in [0.15, 0.2) is 11.5 Å². The molecule has 2 amide bonds. The van der Waals surface area contributed by atoms with Crippen molar-refractivity contribution in [3.05, 3.63) is 59.2 Å². The van der Waals surface area contributed by atoms with Gasteiger partial charge in [-0.25, -0.2) is 0 Å². The lowest BCUT2D eigenvalue weighted by Gasteiger charge is -2.18. The molecule has 0 fully saturated rings. The van der Waals surface area contributed by atoms with E-state index < -0.39 is 0 Å². The maximum atomic E-state index is 12.6. The SMILES string of the molecule is COc1cc([C@@H](C)NC(=O)c2ccc(CCNC(C)=O)cc2)ccc1OCC(C)C. The van der Waals surface area contributed by atoms with E-state index in [-0.39, 0.29) is 17.9 Å². The van der Waals surface area contributed by atoms with Crippen molar-refractivity contribution in [2.75, 3.05) is 20.3 Å². The van der Waals surface area contributed by atoms with Crippen molar-refractivity contribution in [1.82, 2.24) is 10.6 Å². The Morgan fingerprint density at radius 1 is 1.00 bits per heavy atom. The molecule has 162 valence electrons. The van der Waals surface area contributed by atoms with E-state index in [4.69, 9.17) is 9.47 Å². The number of carbonyl (C=O) groups excluding carboxylic acids is 2. The number of hydrogen-bond donors (Lipinski definition) is 2. The topological polar surface area (TPSA) is 76.7 Å². The number of carbonyl (C=O) groups is 2. The number of methoxy groups -OCH3 is 1. The quantitative estimate of drug-likeness (QED) is 0.621. The van der Waals surface area contributed by atoms with E-state index in [1.807, 2.05) is 37.3 Å². The molecule has 0 bridgehead atoms. The van der Waals surface area contributed by atoms with Gasteiger partial charge in [0.05, 0.1) is 19.8 Å². The molecule has 0 heterocycles.